The highest BCUT2D eigenvalue weighted by Crippen LogP contribution is 2.27. The number of carbonyl (C=O) groups excluding carboxylic acids is 2. The van der Waals surface area contributed by atoms with Crippen LogP contribution in [0.1, 0.15) is 49.3 Å². The van der Waals surface area contributed by atoms with E-state index in [1.54, 1.807) is 47.4 Å². The van der Waals surface area contributed by atoms with Crippen LogP contribution in [0.3, 0.4) is 0 Å². The van der Waals surface area contributed by atoms with Gasteiger partial charge in [0.15, 0.2) is 0 Å². The zero-order valence-corrected chi connectivity index (χ0v) is 27.9. The first-order chi connectivity index (χ1) is 22.7. The van der Waals surface area contributed by atoms with E-state index in [9.17, 15) is 18.0 Å². The van der Waals surface area contributed by atoms with Gasteiger partial charge in [-0.25, -0.2) is 8.42 Å². The van der Waals surface area contributed by atoms with Crippen molar-refractivity contribution in [2.75, 3.05) is 17.5 Å². The molecule has 1 unspecified atom stereocenters. The number of benzene rings is 4. The van der Waals surface area contributed by atoms with Crippen molar-refractivity contribution in [3.05, 3.63) is 126 Å². The maximum Gasteiger partial charge on any atom is 0.264 e. The average Bonchev–Trinajstić information content (AvgIpc) is 3.59. The van der Waals surface area contributed by atoms with Crippen LogP contribution in [0.2, 0.25) is 0 Å². The third-order valence-corrected chi connectivity index (χ3v) is 10.2. The molecule has 1 atom stereocenters. The van der Waals surface area contributed by atoms with Gasteiger partial charge < -0.3 is 15.0 Å². The number of carbonyl (C=O) groups is 2. The first-order valence-electron chi connectivity index (χ1n) is 16.2. The van der Waals surface area contributed by atoms with Crippen LogP contribution in [-0.2, 0) is 32.6 Å². The summed E-state index contributed by atoms with van der Waals surface area (Å²) in [5.74, 6) is -0.162. The third-order valence-electron chi connectivity index (χ3n) is 8.45. The molecule has 4 aromatic carbocycles. The topological polar surface area (TPSA) is 96.0 Å². The maximum absolute atomic E-state index is 14.6. The van der Waals surface area contributed by atoms with E-state index in [0.717, 1.165) is 46.7 Å². The Morgan fingerprint density at radius 1 is 0.851 bits per heavy atom. The summed E-state index contributed by atoms with van der Waals surface area (Å²) < 4.78 is 35.1. The molecule has 0 spiro atoms. The van der Waals surface area contributed by atoms with E-state index in [1.165, 1.54) is 12.1 Å². The molecule has 9 heteroatoms. The molecule has 246 valence electrons. The molecule has 2 amide bonds. The number of ether oxygens (including phenoxy) is 1. The fraction of sp³-hybridized carbons (Fsp3) is 0.316. The Balaban J connectivity index is 1.54. The summed E-state index contributed by atoms with van der Waals surface area (Å²) >= 11 is 0. The number of aryl methyl sites for hydroxylation is 1. The second-order valence-corrected chi connectivity index (χ2v) is 13.8. The first kappa shape index (κ1) is 33.7. The Kier molecular flexibility index (Phi) is 11.3. The van der Waals surface area contributed by atoms with E-state index in [-0.39, 0.29) is 29.8 Å². The summed E-state index contributed by atoms with van der Waals surface area (Å²) in [6.07, 6.45) is 4.19. The van der Waals surface area contributed by atoms with Crippen LogP contribution in [0.4, 0.5) is 5.69 Å². The first-order valence-corrected chi connectivity index (χ1v) is 17.7. The van der Waals surface area contributed by atoms with Crippen molar-refractivity contribution in [3.8, 4) is 5.75 Å². The molecule has 5 rings (SSSR count). The van der Waals surface area contributed by atoms with Gasteiger partial charge in [0, 0.05) is 19.0 Å². The number of sulfonamides is 1. The molecule has 0 bridgehead atoms. The summed E-state index contributed by atoms with van der Waals surface area (Å²) in [6.45, 7) is 3.93. The highest BCUT2D eigenvalue weighted by atomic mass is 32.2. The molecule has 0 saturated heterocycles. The molecule has 47 heavy (non-hydrogen) atoms. The fourth-order valence-electron chi connectivity index (χ4n) is 6.05. The van der Waals surface area contributed by atoms with Gasteiger partial charge in [-0.2, -0.15) is 0 Å². The number of amides is 2. The number of anilines is 1. The van der Waals surface area contributed by atoms with Crippen LogP contribution in [-0.4, -0.2) is 50.4 Å². The predicted molar refractivity (Wildman–Crippen MR) is 185 cm³/mol. The zero-order valence-electron chi connectivity index (χ0n) is 27.0. The molecule has 1 saturated carbocycles. The quantitative estimate of drug-likeness (QED) is 0.173. The standard InChI is InChI=1S/C38H43N3O5S/c1-3-46-34-21-23-35(24-22-34)47(44,45)41(33-19-8-5-9-20-33)28-37(42)40(27-31-16-12-13-29(2)25-31)36(26-30-14-6-4-7-15-30)38(43)39-32-17-10-11-18-32/h4-9,12-16,19-25,32,36H,3,10-11,17-18,26-28H2,1-2H3,(H,39,43). The van der Waals surface area contributed by atoms with Gasteiger partial charge in [-0.1, -0.05) is 91.2 Å². The number of nitrogens with zero attached hydrogens (tertiary/aromatic N) is 2. The van der Waals surface area contributed by atoms with Gasteiger partial charge in [-0.05, 0) is 74.2 Å². The second-order valence-electron chi connectivity index (χ2n) is 12.0. The predicted octanol–water partition coefficient (Wildman–Crippen LogP) is 6.29. The molecule has 0 heterocycles. The molecule has 0 aromatic heterocycles. The van der Waals surface area contributed by atoms with Crippen molar-refractivity contribution in [2.45, 2.75) is 69.5 Å². The molecule has 4 aromatic rings. The van der Waals surface area contributed by atoms with Crippen LogP contribution in [0, 0.1) is 6.92 Å². The van der Waals surface area contributed by atoms with Gasteiger partial charge in [-0.3, -0.25) is 13.9 Å². The Bertz CT molecular complexity index is 1720. The maximum atomic E-state index is 14.6. The Morgan fingerprint density at radius 3 is 2.13 bits per heavy atom. The van der Waals surface area contributed by atoms with E-state index in [4.69, 9.17) is 4.74 Å². The molecule has 1 N–H and O–H groups in total. The van der Waals surface area contributed by atoms with E-state index in [1.807, 2.05) is 68.4 Å². The van der Waals surface area contributed by atoms with Gasteiger partial charge in [0.1, 0.15) is 18.3 Å². The van der Waals surface area contributed by atoms with Gasteiger partial charge in [0.2, 0.25) is 11.8 Å². The molecule has 0 radical (unpaired) electrons. The molecule has 1 aliphatic carbocycles. The van der Waals surface area contributed by atoms with Gasteiger partial charge in [0.05, 0.1) is 17.2 Å². The van der Waals surface area contributed by atoms with Crippen LogP contribution in [0.25, 0.3) is 0 Å². The van der Waals surface area contributed by atoms with Crippen LogP contribution in [0.5, 0.6) is 5.75 Å². The lowest BCUT2D eigenvalue weighted by molar-refractivity contribution is -0.140. The summed E-state index contributed by atoms with van der Waals surface area (Å²) in [7, 11) is -4.19. The van der Waals surface area contributed by atoms with Gasteiger partial charge in [-0.15, -0.1) is 0 Å². The summed E-state index contributed by atoms with van der Waals surface area (Å²) in [6, 6.07) is 31.4. The van der Waals surface area contributed by atoms with Crippen molar-refractivity contribution in [2.24, 2.45) is 0 Å². The Morgan fingerprint density at radius 2 is 1.49 bits per heavy atom. The molecule has 1 fully saturated rings. The van der Waals surface area contributed by atoms with Gasteiger partial charge in [0.25, 0.3) is 10.0 Å². The molecular weight excluding hydrogens is 611 g/mol. The lowest BCUT2D eigenvalue weighted by atomic mass is 10.0. The summed E-state index contributed by atoms with van der Waals surface area (Å²) in [5, 5.41) is 3.21. The van der Waals surface area contributed by atoms with E-state index in [0.29, 0.717) is 18.0 Å². The lowest BCUT2D eigenvalue weighted by Crippen LogP contribution is -2.54. The fourth-order valence-corrected chi connectivity index (χ4v) is 7.47. The Labute approximate surface area is 278 Å². The molecule has 1 aliphatic rings. The summed E-state index contributed by atoms with van der Waals surface area (Å²) in [5.41, 5.74) is 3.13. The average molecular weight is 654 g/mol. The SMILES string of the molecule is CCOc1ccc(S(=O)(=O)N(CC(=O)N(Cc2cccc(C)c2)C(Cc2ccccc2)C(=O)NC2CCCC2)c2ccccc2)cc1. The molecular formula is C38H43N3O5S. The number of hydrogen-bond donors (Lipinski definition) is 1. The third kappa shape index (κ3) is 8.80. The highest BCUT2D eigenvalue weighted by molar-refractivity contribution is 7.92. The van der Waals surface area contributed by atoms with Crippen LogP contribution in [0.15, 0.2) is 114 Å². The molecule has 0 aliphatic heterocycles. The zero-order chi connectivity index (χ0) is 33.2. The normalized spacial score (nSPS) is 13.9. The minimum atomic E-state index is -4.19. The van der Waals surface area contributed by atoms with Crippen molar-refractivity contribution >= 4 is 27.5 Å². The van der Waals surface area contributed by atoms with E-state index < -0.39 is 28.5 Å². The van der Waals surface area contributed by atoms with Crippen molar-refractivity contribution in [1.82, 2.24) is 10.2 Å². The Hall–Kier alpha value is -4.63. The second kappa shape index (κ2) is 15.8. The molecule has 8 nitrogen and oxygen atoms in total. The minimum absolute atomic E-state index is 0.0302. The van der Waals surface area contributed by atoms with Gasteiger partial charge >= 0.3 is 0 Å². The summed E-state index contributed by atoms with van der Waals surface area (Å²) in [4.78, 5) is 30.3. The number of rotatable bonds is 14. The van der Waals surface area contributed by atoms with Crippen LogP contribution < -0.4 is 14.4 Å². The van der Waals surface area contributed by atoms with Crippen LogP contribution >= 0.6 is 0 Å². The number of para-hydroxylation sites is 1. The van der Waals surface area contributed by atoms with Crippen molar-refractivity contribution < 1.29 is 22.7 Å². The van der Waals surface area contributed by atoms with Crippen molar-refractivity contribution in [1.29, 1.82) is 0 Å². The number of hydrogen-bond acceptors (Lipinski definition) is 5. The van der Waals surface area contributed by atoms with E-state index >= 15 is 0 Å². The lowest BCUT2D eigenvalue weighted by Gasteiger charge is -2.34. The largest absolute Gasteiger partial charge is 0.494 e. The monoisotopic (exact) mass is 653 g/mol. The smallest absolute Gasteiger partial charge is 0.264 e. The van der Waals surface area contributed by atoms with E-state index in [2.05, 4.69) is 5.32 Å². The van der Waals surface area contributed by atoms with Crippen molar-refractivity contribution in [3.63, 3.8) is 0 Å². The minimum Gasteiger partial charge on any atom is -0.494 e. The highest BCUT2D eigenvalue weighted by Gasteiger charge is 2.35. The number of nitrogens with one attached hydrogen (secondary N) is 1.